The lowest BCUT2D eigenvalue weighted by Crippen LogP contribution is -2.12. The number of methoxy groups -OCH3 is 2. The highest BCUT2D eigenvalue weighted by Gasteiger charge is 2.17. The van der Waals surface area contributed by atoms with Gasteiger partial charge in [-0.15, -0.1) is 0 Å². The standard InChI is InChI=1S/C23H18BrN3O4/c1-29-16-10-7-14(8-11-16)21-26-23(31-27-21)17-5-3-4-6-19(17)25-22(28)15-9-12-20(30-2)18(24)13-15/h3-13H,1-2H3,(H,25,28). The second kappa shape index (κ2) is 9.01. The van der Waals surface area contributed by atoms with E-state index in [4.69, 9.17) is 14.0 Å². The minimum atomic E-state index is -0.273. The molecule has 0 atom stereocenters. The lowest BCUT2D eigenvalue weighted by Gasteiger charge is -2.10. The molecule has 4 aromatic rings. The molecule has 0 fully saturated rings. The minimum Gasteiger partial charge on any atom is -0.497 e. The Bertz CT molecular complexity index is 1220. The van der Waals surface area contributed by atoms with E-state index in [1.54, 1.807) is 38.5 Å². The molecule has 1 amide bonds. The van der Waals surface area contributed by atoms with Crippen molar-refractivity contribution in [2.75, 3.05) is 19.5 Å². The first kappa shape index (κ1) is 20.6. The van der Waals surface area contributed by atoms with Gasteiger partial charge in [0.25, 0.3) is 11.8 Å². The zero-order valence-electron chi connectivity index (χ0n) is 16.8. The Balaban J connectivity index is 1.59. The van der Waals surface area contributed by atoms with E-state index in [0.29, 0.717) is 38.8 Å². The molecule has 0 aliphatic rings. The van der Waals surface area contributed by atoms with Crippen LogP contribution in [0.15, 0.2) is 75.7 Å². The number of hydrogen-bond acceptors (Lipinski definition) is 6. The van der Waals surface area contributed by atoms with Crippen LogP contribution in [0.4, 0.5) is 5.69 Å². The van der Waals surface area contributed by atoms with Gasteiger partial charge < -0.3 is 19.3 Å². The second-order valence-electron chi connectivity index (χ2n) is 6.50. The van der Waals surface area contributed by atoms with Crippen molar-refractivity contribution in [2.24, 2.45) is 0 Å². The first-order valence-corrected chi connectivity index (χ1v) is 10.1. The smallest absolute Gasteiger partial charge is 0.260 e. The van der Waals surface area contributed by atoms with Crippen LogP contribution in [0.1, 0.15) is 10.4 Å². The molecular weight excluding hydrogens is 462 g/mol. The first-order valence-electron chi connectivity index (χ1n) is 9.31. The van der Waals surface area contributed by atoms with Gasteiger partial charge in [-0.05, 0) is 70.5 Å². The summed E-state index contributed by atoms with van der Waals surface area (Å²) in [6.07, 6.45) is 0. The Labute approximate surface area is 187 Å². The van der Waals surface area contributed by atoms with Crippen LogP contribution in [-0.4, -0.2) is 30.3 Å². The molecule has 1 heterocycles. The summed E-state index contributed by atoms with van der Waals surface area (Å²) in [4.78, 5) is 17.3. The van der Waals surface area contributed by atoms with E-state index in [1.807, 2.05) is 42.5 Å². The number of hydrogen-bond donors (Lipinski definition) is 1. The third-order valence-electron chi connectivity index (χ3n) is 4.59. The van der Waals surface area contributed by atoms with Crippen LogP contribution >= 0.6 is 15.9 Å². The number of para-hydroxylation sites is 1. The average molecular weight is 480 g/mol. The predicted molar refractivity (Wildman–Crippen MR) is 120 cm³/mol. The van der Waals surface area contributed by atoms with Crippen molar-refractivity contribution in [3.8, 4) is 34.3 Å². The first-order chi connectivity index (χ1) is 15.1. The molecule has 4 rings (SSSR count). The van der Waals surface area contributed by atoms with Crippen LogP contribution in [0, 0.1) is 0 Å². The Morgan fingerprint density at radius 2 is 1.77 bits per heavy atom. The fourth-order valence-electron chi connectivity index (χ4n) is 2.97. The van der Waals surface area contributed by atoms with Gasteiger partial charge in [0.1, 0.15) is 11.5 Å². The van der Waals surface area contributed by atoms with Crippen LogP contribution in [-0.2, 0) is 0 Å². The normalized spacial score (nSPS) is 10.5. The van der Waals surface area contributed by atoms with Gasteiger partial charge in [0.15, 0.2) is 0 Å². The largest absolute Gasteiger partial charge is 0.497 e. The van der Waals surface area contributed by atoms with E-state index < -0.39 is 0 Å². The number of carbonyl (C=O) groups excluding carboxylic acids is 1. The fourth-order valence-corrected chi connectivity index (χ4v) is 3.51. The molecule has 0 unspecified atom stereocenters. The summed E-state index contributed by atoms with van der Waals surface area (Å²) in [5.41, 5.74) is 2.45. The molecule has 7 nitrogen and oxygen atoms in total. The Kier molecular flexibility index (Phi) is 5.99. The average Bonchev–Trinajstić information content (AvgIpc) is 3.29. The SMILES string of the molecule is COc1ccc(-c2noc(-c3ccccc3NC(=O)c3ccc(OC)c(Br)c3)n2)cc1. The maximum Gasteiger partial charge on any atom is 0.260 e. The third kappa shape index (κ3) is 4.44. The van der Waals surface area contributed by atoms with Crippen LogP contribution < -0.4 is 14.8 Å². The summed E-state index contributed by atoms with van der Waals surface area (Å²) in [5, 5.41) is 6.98. The Morgan fingerprint density at radius 1 is 1.00 bits per heavy atom. The summed E-state index contributed by atoms with van der Waals surface area (Å²) in [5.74, 6) is 1.86. The highest BCUT2D eigenvalue weighted by Crippen LogP contribution is 2.30. The number of rotatable bonds is 6. The van der Waals surface area contributed by atoms with Crippen molar-refractivity contribution in [1.29, 1.82) is 0 Å². The number of halogens is 1. The predicted octanol–water partition coefficient (Wildman–Crippen LogP) is 5.44. The lowest BCUT2D eigenvalue weighted by molar-refractivity contribution is 0.102. The highest BCUT2D eigenvalue weighted by atomic mass is 79.9. The molecule has 1 aromatic heterocycles. The third-order valence-corrected chi connectivity index (χ3v) is 5.21. The van der Waals surface area contributed by atoms with Crippen molar-refractivity contribution in [3.05, 3.63) is 76.8 Å². The molecule has 0 bridgehead atoms. The number of aromatic nitrogens is 2. The maximum atomic E-state index is 12.8. The molecule has 156 valence electrons. The van der Waals surface area contributed by atoms with Gasteiger partial charge >= 0.3 is 0 Å². The molecule has 0 aliphatic heterocycles. The monoisotopic (exact) mass is 479 g/mol. The van der Waals surface area contributed by atoms with E-state index in [1.165, 1.54) is 0 Å². The summed E-state index contributed by atoms with van der Waals surface area (Å²) in [6.45, 7) is 0. The van der Waals surface area contributed by atoms with Gasteiger partial charge in [-0.2, -0.15) is 4.98 Å². The van der Waals surface area contributed by atoms with Crippen LogP contribution in [0.25, 0.3) is 22.8 Å². The summed E-state index contributed by atoms with van der Waals surface area (Å²) in [7, 11) is 3.18. The Morgan fingerprint density at radius 3 is 2.48 bits per heavy atom. The van der Waals surface area contributed by atoms with Gasteiger partial charge in [0.05, 0.1) is 29.9 Å². The molecular formula is C23H18BrN3O4. The molecule has 0 saturated heterocycles. The molecule has 0 aliphatic carbocycles. The summed E-state index contributed by atoms with van der Waals surface area (Å²) >= 11 is 3.40. The van der Waals surface area contributed by atoms with Gasteiger partial charge in [-0.1, -0.05) is 17.3 Å². The number of anilines is 1. The molecule has 0 saturated carbocycles. The molecule has 3 aromatic carbocycles. The number of carbonyl (C=O) groups is 1. The summed E-state index contributed by atoms with van der Waals surface area (Å²) in [6, 6.07) is 19.7. The molecule has 1 N–H and O–H groups in total. The van der Waals surface area contributed by atoms with E-state index >= 15 is 0 Å². The molecule has 0 spiro atoms. The number of amides is 1. The van der Waals surface area contributed by atoms with Gasteiger partial charge in [0, 0.05) is 11.1 Å². The number of benzene rings is 3. The highest BCUT2D eigenvalue weighted by molar-refractivity contribution is 9.10. The van der Waals surface area contributed by atoms with E-state index in [0.717, 1.165) is 11.3 Å². The fraction of sp³-hybridized carbons (Fsp3) is 0.0870. The molecule has 31 heavy (non-hydrogen) atoms. The Hall–Kier alpha value is -3.65. The van der Waals surface area contributed by atoms with Crippen molar-refractivity contribution in [2.45, 2.75) is 0 Å². The lowest BCUT2D eigenvalue weighted by atomic mass is 10.1. The zero-order valence-corrected chi connectivity index (χ0v) is 18.3. The van der Waals surface area contributed by atoms with E-state index in [9.17, 15) is 4.79 Å². The van der Waals surface area contributed by atoms with E-state index in [2.05, 4.69) is 31.4 Å². The zero-order chi connectivity index (χ0) is 21.8. The maximum absolute atomic E-state index is 12.8. The van der Waals surface area contributed by atoms with Crippen LogP contribution in [0.5, 0.6) is 11.5 Å². The topological polar surface area (TPSA) is 86.5 Å². The van der Waals surface area contributed by atoms with Crippen molar-refractivity contribution < 1.29 is 18.8 Å². The molecule has 0 radical (unpaired) electrons. The van der Waals surface area contributed by atoms with Gasteiger partial charge in [-0.25, -0.2) is 0 Å². The van der Waals surface area contributed by atoms with E-state index in [-0.39, 0.29) is 5.91 Å². The number of nitrogens with zero attached hydrogens (tertiary/aromatic N) is 2. The minimum absolute atomic E-state index is 0.273. The van der Waals surface area contributed by atoms with Crippen molar-refractivity contribution in [1.82, 2.24) is 10.1 Å². The molecule has 8 heteroatoms. The summed E-state index contributed by atoms with van der Waals surface area (Å²) < 4.78 is 16.6. The van der Waals surface area contributed by atoms with Gasteiger partial charge in [0.2, 0.25) is 5.82 Å². The van der Waals surface area contributed by atoms with Crippen LogP contribution in [0.3, 0.4) is 0 Å². The van der Waals surface area contributed by atoms with Crippen molar-refractivity contribution >= 4 is 27.5 Å². The van der Waals surface area contributed by atoms with Crippen LogP contribution in [0.2, 0.25) is 0 Å². The van der Waals surface area contributed by atoms with Crippen molar-refractivity contribution in [3.63, 3.8) is 0 Å². The quantitative estimate of drug-likeness (QED) is 0.396. The second-order valence-corrected chi connectivity index (χ2v) is 7.36. The van der Waals surface area contributed by atoms with Gasteiger partial charge in [-0.3, -0.25) is 4.79 Å². The number of ether oxygens (including phenoxy) is 2. The number of nitrogens with one attached hydrogen (secondary N) is 1.